The van der Waals surface area contributed by atoms with E-state index in [-0.39, 0.29) is 23.7 Å². The Balaban J connectivity index is 2.69. The summed E-state index contributed by atoms with van der Waals surface area (Å²) >= 11 is 0. The first kappa shape index (κ1) is 15.3. The highest BCUT2D eigenvalue weighted by Gasteiger charge is 2.16. The topological polar surface area (TPSA) is 100 Å². The molecule has 1 heterocycles. The fourth-order valence-corrected chi connectivity index (χ4v) is 1.86. The van der Waals surface area contributed by atoms with Gasteiger partial charge < -0.3 is 10.6 Å². The van der Waals surface area contributed by atoms with Gasteiger partial charge in [-0.05, 0) is 13.1 Å². The van der Waals surface area contributed by atoms with Crippen LogP contribution in [-0.4, -0.2) is 45.7 Å². The molecule has 0 aliphatic rings. The van der Waals surface area contributed by atoms with Crippen molar-refractivity contribution in [2.24, 2.45) is 0 Å². The average molecular weight is 290 g/mol. The normalized spacial score (nSPS) is 11.1. The molecular formula is C10H15FN4O3S. The van der Waals surface area contributed by atoms with Gasteiger partial charge in [0.15, 0.2) is 11.6 Å². The highest BCUT2D eigenvalue weighted by Crippen LogP contribution is 2.13. The third kappa shape index (κ3) is 4.14. The third-order valence-electron chi connectivity index (χ3n) is 2.34. The molecule has 3 N–H and O–H groups in total. The van der Waals surface area contributed by atoms with Gasteiger partial charge in [-0.3, -0.25) is 4.79 Å². The van der Waals surface area contributed by atoms with E-state index >= 15 is 0 Å². The zero-order valence-corrected chi connectivity index (χ0v) is 11.3. The van der Waals surface area contributed by atoms with Crippen molar-refractivity contribution in [2.75, 3.05) is 31.7 Å². The van der Waals surface area contributed by atoms with Gasteiger partial charge in [0.2, 0.25) is 10.0 Å². The molecule has 0 fully saturated rings. The zero-order valence-electron chi connectivity index (χ0n) is 10.5. The molecule has 0 unspecified atom stereocenters. The Morgan fingerprint density at radius 2 is 2.11 bits per heavy atom. The van der Waals surface area contributed by atoms with Crippen LogP contribution in [0.2, 0.25) is 0 Å². The molecule has 0 spiro atoms. The largest absolute Gasteiger partial charge is 0.371 e. The highest BCUT2D eigenvalue weighted by atomic mass is 32.2. The lowest BCUT2D eigenvalue weighted by Gasteiger charge is -2.08. The van der Waals surface area contributed by atoms with E-state index in [0.29, 0.717) is 0 Å². The van der Waals surface area contributed by atoms with Gasteiger partial charge in [-0.15, -0.1) is 0 Å². The van der Waals surface area contributed by atoms with E-state index in [0.717, 1.165) is 0 Å². The number of amides is 1. The molecule has 7 nitrogen and oxygen atoms in total. The SMILES string of the molecule is CNc1nccc(C(=O)NCCS(=O)(=O)NC)c1F. The molecule has 0 aliphatic heterocycles. The first-order chi connectivity index (χ1) is 8.91. The molecule has 0 aliphatic carbocycles. The van der Waals surface area contributed by atoms with Crippen molar-refractivity contribution in [3.63, 3.8) is 0 Å². The predicted molar refractivity (Wildman–Crippen MR) is 68.9 cm³/mol. The Morgan fingerprint density at radius 1 is 1.42 bits per heavy atom. The number of halogens is 1. The van der Waals surface area contributed by atoms with Gasteiger partial charge in [-0.1, -0.05) is 0 Å². The van der Waals surface area contributed by atoms with Crippen molar-refractivity contribution >= 4 is 21.7 Å². The summed E-state index contributed by atoms with van der Waals surface area (Å²) in [6, 6.07) is 1.22. The first-order valence-electron chi connectivity index (χ1n) is 5.43. The Labute approximate surface area is 110 Å². The van der Waals surface area contributed by atoms with Crippen LogP contribution in [-0.2, 0) is 10.0 Å². The smallest absolute Gasteiger partial charge is 0.254 e. The summed E-state index contributed by atoms with van der Waals surface area (Å²) in [5.41, 5.74) is -0.193. The first-order valence-corrected chi connectivity index (χ1v) is 7.08. The number of carbonyl (C=O) groups excluding carboxylic acids is 1. The Kier molecular flexibility index (Phi) is 5.19. The zero-order chi connectivity index (χ0) is 14.5. The van der Waals surface area contributed by atoms with Gasteiger partial charge in [0.25, 0.3) is 5.91 Å². The van der Waals surface area contributed by atoms with Crippen molar-refractivity contribution in [1.82, 2.24) is 15.0 Å². The molecule has 9 heteroatoms. The van der Waals surface area contributed by atoms with Crippen LogP contribution in [0, 0.1) is 5.82 Å². The summed E-state index contributed by atoms with van der Waals surface area (Å²) < 4.78 is 38.1. The number of pyridine rings is 1. The number of aromatic nitrogens is 1. The minimum atomic E-state index is -3.40. The number of rotatable bonds is 6. The molecule has 0 atom stereocenters. The number of carbonyl (C=O) groups is 1. The van der Waals surface area contributed by atoms with Crippen molar-refractivity contribution in [2.45, 2.75) is 0 Å². The molecular weight excluding hydrogens is 275 g/mol. The van der Waals surface area contributed by atoms with E-state index < -0.39 is 21.7 Å². The predicted octanol–water partition coefficient (Wildman–Crippen LogP) is -0.459. The van der Waals surface area contributed by atoms with Crippen LogP contribution >= 0.6 is 0 Å². The minimum Gasteiger partial charge on any atom is -0.371 e. The second kappa shape index (κ2) is 6.43. The van der Waals surface area contributed by atoms with Gasteiger partial charge in [-0.2, -0.15) is 0 Å². The van der Waals surface area contributed by atoms with Gasteiger partial charge in [0.1, 0.15) is 0 Å². The summed E-state index contributed by atoms with van der Waals surface area (Å²) in [5.74, 6) is -1.79. The molecule has 19 heavy (non-hydrogen) atoms. The number of anilines is 1. The molecule has 0 saturated heterocycles. The molecule has 0 aromatic carbocycles. The molecule has 1 aromatic rings. The molecule has 106 valence electrons. The van der Waals surface area contributed by atoms with Crippen LogP contribution in [0.4, 0.5) is 10.2 Å². The molecule has 0 saturated carbocycles. The Morgan fingerprint density at radius 3 is 2.68 bits per heavy atom. The molecule has 0 bridgehead atoms. The lowest BCUT2D eigenvalue weighted by Crippen LogP contribution is -2.33. The Bertz CT molecular complexity index is 562. The maximum absolute atomic E-state index is 13.7. The summed E-state index contributed by atoms with van der Waals surface area (Å²) in [7, 11) is -0.648. The maximum Gasteiger partial charge on any atom is 0.254 e. The summed E-state index contributed by atoms with van der Waals surface area (Å²) in [6.45, 7) is -0.112. The molecule has 1 rings (SSSR count). The summed E-state index contributed by atoms with van der Waals surface area (Å²) in [5, 5.41) is 4.84. The number of nitrogens with one attached hydrogen (secondary N) is 3. The fraction of sp³-hybridized carbons (Fsp3) is 0.400. The second-order valence-corrected chi connectivity index (χ2v) is 5.60. The van der Waals surface area contributed by atoms with E-state index in [1.54, 1.807) is 0 Å². The maximum atomic E-state index is 13.7. The molecule has 0 radical (unpaired) electrons. The lowest BCUT2D eigenvalue weighted by atomic mass is 10.2. The second-order valence-electron chi connectivity index (χ2n) is 3.55. The van der Waals surface area contributed by atoms with Crippen molar-refractivity contribution in [1.29, 1.82) is 0 Å². The van der Waals surface area contributed by atoms with Crippen molar-refractivity contribution in [3.8, 4) is 0 Å². The van der Waals surface area contributed by atoms with E-state index in [9.17, 15) is 17.6 Å². The van der Waals surface area contributed by atoms with Gasteiger partial charge in [-0.25, -0.2) is 22.5 Å². The van der Waals surface area contributed by atoms with Gasteiger partial charge in [0.05, 0.1) is 11.3 Å². The van der Waals surface area contributed by atoms with E-state index in [2.05, 4.69) is 20.3 Å². The van der Waals surface area contributed by atoms with Crippen molar-refractivity contribution in [3.05, 3.63) is 23.6 Å². The van der Waals surface area contributed by atoms with Crippen LogP contribution in [0.3, 0.4) is 0 Å². The Hall–Kier alpha value is -1.74. The molecule has 1 amide bonds. The van der Waals surface area contributed by atoms with E-state index in [4.69, 9.17) is 0 Å². The van der Waals surface area contributed by atoms with Crippen LogP contribution in [0.1, 0.15) is 10.4 Å². The summed E-state index contributed by atoms with van der Waals surface area (Å²) in [4.78, 5) is 15.4. The lowest BCUT2D eigenvalue weighted by molar-refractivity contribution is 0.0952. The third-order valence-corrected chi connectivity index (χ3v) is 3.70. The fourth-order valence-electron chi connectivity index (χ4n) is 1.29. The van der Waals surface area contributed by atoms with Crippen LogP contribution in [0.5, 0.6) is 0 Å². The quantitative estimate of drug-likeness (QED) is 0.658. The van der Waals surface area contributed by atoms with Crippen LogP contribution < -0.4 is 15.4 Å². The van der Waals surface area contributed by atoms with Gasteiger partial charge in [0, 0.05) is 19.8 Å². The van der Waals surface area contributed by atoms with Crippen molar-refractivity contribution < 1.29 is 17.6 Å². The standard InChI is InChI=1S/C10H15FN4O3S/c1-12-9-8(11)7(3-4-14-9)10(16)15-5-6-19(17,18)13-2/h3-4,13H,5-6H2,1-2H3,(H,12,14)(H,15,16). The number of hydrogen-bond donors (Lipinski definition) is 3. The number of sulfonamides is 1. The summed E-state index contributed by atoms with van der Waals surface area (Å²) in [6.07, 6.45) is 1.29. The van der Waals surface area contributed by atoms with E-state index in [1.165, 1.54) is 26.4 Å². The average Bonchev–Trinajstić information content (AvgIpc) is 2.38. The highest BCUT2D eigenvalue weighted by molar-refractivity contribution is 7.89. The number of nitrogens with zero attached hydrogens (tertiary/aromatic N) is 1. The molecule has 1 aromatic heterocycles. The van der Waals surface area contributed by atoms with Gasteiger partial charge >= 0.3 is 0 Å². The van der Waals surface area contributed by atoms with Crippen LogP contribution in [0.25, 0.3) is 0 Å². The minimum absolute atomic E-state index is 0.0458. The number of hydrogen-bond acceptors (Lipinski definition) is 5. The monoisotopic (exact) mass is 290 g/mol. The van der Waals surface area contributed by atoms with Crippen LogP contribution in [0.15, 0.2) is 12.3 Å². The van der Waals surface area contributed by atoms with E-state index in [1.807, 2.05) is 0 Å².